The summed E-state index contributed by atoms with van der Waals surface area (Å²) in [6.07, 6.45) is 2.90. The zero-order valence-electron chi connectivity index (χ0n) is 10.2. The maximum atomic E-state index is 11.9. The second kappa shape index (κ2) is 5.77. The Morgan fingerprint density at radius 1 is 1.05 bits per heavy atom. The first kappa shape index (κ1) is 13.4. The maximum Gasteiger partial charge on any atom is 0.204 e. The monoisotopic (exact) mass is 278 g/mol. The van der Waals surface area contributed by atoms with E-state index in [1.807, 2.05) is 12.1 Å². The third kappa shape index (κ3) is 4.01. The van der Waals surface area contributed by atoms with Crippen molar-refractivity contribution in [2.24, 2.45) is 0 Å². The van der Waals surface area contributed by atoms with Crippen molar-refractivity contribution < 1.29 is 14.2 Å². The van der Waals surface area contributed by atoms with Gasteiger partial charge in [0.25, 0.3) is 0 Å². The van der Waals surface area contributed by atoms with Gasteiger partial charge in [-0.05, 0) is 18.0 Å². The number of rotatable bonds is 5. The number of hydrogen-bond acceptors (Lipinski definition) is 4. The molecule has 6 nitrogen and oxygen atoms in total. The van der Waals surface area contributed by atoms with Crippen LogP contribution in [0, 0.1) is 0 Å². The van der Waals surface area contributed by atoms with Crippen molar-refractivity contribution in [1.29, 1.82) is 0 Å². The van der Waals surface area contributed by atoms with Crippen LogP contribution in [0.2, 0.25) is 0 Å². The Morgan fingerprint density at radius 2 is 1.63 bits per heavy atom. The third-order valence-corrected chi connectivity index (χ3v) is 3.57. The largest absolute Gasteiger partial charge is 0.366 e. The van der Waals surface area contributed by atoms with Gasteiger partial charge >= 0.3 is 0 Å². The zero-order valence-corrected chi connectivity index (χ0v) is 11.0. The summed E-state index contributed by atoms with van der Waals surface area (Å²) in [5, 5.41) is 0. The molecule has 0 aliphatic rings. The van der Waals surface area contributed by atoms with Crippen LogP contribution in [-0.4, -0.2) is 18.4 Å². The molecule has 0 aliphatic carbocycles. The fourth-order valence-electron chi connectivity index (χ4n) is 1.51. The SMILES string of the molecule is [NH3+]Cc1ccc(CS(=O)(=O)[N-]c2ncccn2)cc1. The molecular formula is C12H14N4O2S. The van der Waals surface area contributed by atoms with Crippen LogP contribution < -0.4 is 5.73 Å². The summed E-state index contributed by atoms with van der Waals surface area (Å²) in [5.41, 5.74) is 5.50. The van der Waals surface area contributed by atoms with E-state index in [0.717, 1.165) is 5.56 Å². The molecule has 0 saturated carbocycles. The van der Waals surface area contributed by atoms with E-state index in [4.69, 9.17) is 0 Å². The Kier molecular flexibility index (Phi) is 4.08. The van der Waals surface area contributed by atoms with Crippen molar-refractivity contribution in [1.82, 2.24) is 9.97 Å². The van der Waals surface area contributed by atoms with Gasteiger partial charge in [0.15, 0.2) is 0 Å². The van der Waals surface area contributed by atoms with E-state index in [0.29, 0.717) is 12.1 Å². The fourth-order valence-corrected chi connectivity index (χ4v) is 2.53. The number of quaternary nitrogens is 1. The molecule has 3 N–H and O–H groups in total. The zero-order chi connectivity index (χ0) is 13.7. The summed E-state index contributed by atoms with van der Waals surface area (Å²) >= 11 is 0. The van der Waals surface area contributed by atoms with Gasteiger partial charge in [0.05, 0.1) is 12.3 Å². The molecule has 1 heterocycles. The highest BCUT2D eigenvalue weighted by Gasteiger charge is 2.09. The highest BCUT2D eigenvalue weighted by atomic mass is 32.2. The molecule has 2 aromatic rings. The molecule has 0 radical (unpaired) electrons. The van der Waals surface area contributed by atoms with Crippen molar-refractivity contribution in [3.8, 4) is 0 Å². The molecule has 0 fully saturated rings. The van der Waals surface area contributed by atoms with E-state index in [2.05, 4.69) is 20.4 Å². The molecule has 19 heavy (non-hydrogen) atoms. The van der Waals surface area contributed by atoms with Crippen molar-refractivity contribution in [2.75, 3.05) is 0 Å². The smallest absolute Gasteiger partial charge is 0.204 e. The van der Waals surface area contributed by atoms with Crippen LogP contribution in [0.1, 0.15) is 11.1 Å². The average molecular weight is 278 g/mol. The standard InChI is InChI=1S/C12H13N4O2S/c13-8-10-2-4-11(5-3-10)9-19(17,18)16-12-14-6-1-7-15-12/h1-7H,8-9,13H2/q-1/p+1. The Labute approximate surface area is 111 Å². The van der Waals surface area contributed by atoms with Gasteiger partial charge in [-0.3, -0.25) is 4.72 Å². The Balaban J connectivity index is 2.08. The fraction of sp³-hybridized carbons (Fsp3) is 0.167. The molecule has 0 spiro atoms. The lowest BCUT2D eigenvalue weighted by Crippen LogP contribution is -2.47. The van der Waals surface area contributed by atoms with Crippen molar-refractivity contribution in [3.63, 3.8) is 0 Å². The summed E-state index contributed by atoms with van der Waals surface area (Å²) in [6, 6.07) is 8.84. The molecular weight excluding hydrogens is 264 g/mol. The Morgan fingerprint density at radius 3 is 2.21 bits per heavy atom. The van der Waals surface area contributed by atoms with Crippen LogP contribution in [0.4, 0.5) is 5.95 Å². The molecule has 0 bridgehead atoms. The number of aromatic nitrogens is 2. The molecule has 2 rings (SSSR count). The Hall–Kier alpha value is -1.99. The molecule has 0 amide bonds. The van der Waals surface area contributed by atoms with E-state index in [1.54, 1.807) is 18.2 Å². The first-order chi connectivity index (χ1) is 9.09. The minimum atomic E-state index is -3.62. The van der Waals surface area contributed by atoms with E-state index in [1.165, 1.54) is 12.4 Å². The second-order valence-electron chi connectivity index (χ2n) is 3.93. The summed E-state index contributed by atoms with van der Waals surface area (Å²) in [7, 11) is -3.62. The van der Waals surface area contributed by atoms with Gasteiger partial charge in [0, 0.05) is 11.5 Å². The van der Waals surface area contributed by atoms with Crippen LogP contribution >= 0.6 is 0 Å². The minimum absolute atomic E-state index is 0.0446. The molecule has 0 saturated heterocycles. The van der Waals surface area contributed by atoms with E-state index >= 15 is 0 Å². The third-order valence-electron chi connectivity index (χ3n) is 2.43. The number of hydrogen-bond donors (Lipinski definition) is 1. The van der Waals surface area contributed by atoms with Crippen LogP contribution in [0.15, 0.2) is 42.7 Å². The van der Waals surface area contributed by atoms with Crippen LogP contribution in [0.5, 0.6) is 0 Å². The van der Waals surface area contributed by atoms with Gasteiger partial charge in [-0.15, -0.1) is 0 Å². The number of benzene rings is 1. The molecule has 1 aromatic carbocycles. The lowest BCUT2D eigenvalue weighted by atomic mass is 10.1. The van der Waals surface area contributed by atoms with Gasteiger partial charge < -0.3 is 15.7 Å². The Bertz CT molecular complexity index is 627. The van der Waals surface area contributed by atoms with Gasteiger partial charge in [0.2, 0.25) is 10.0 Å². The number of nitrogens with zero attached hydrogens (tertiary/aromatic N) is 3. The summed E-state index contributed by atoms with van der Waals surface area (Å²) in [6.45, 7) is 0.676. The number of sulfonamides is 1. The van der Waals surface area contributed by atoms with E-state index in [-0.39, 0.29) is 11.7 Å². The normalized spacial score (nSPS) is 11.2. The lowest BCUT2D eigenvalue weighted by Gasteiger charge is -2.12. The predicted molar refractivity (Wildman–Crippen MR) is 70.7 cm³/mol. The summed E-state index contributed by atoms with van der Waals surface area (Å²) < 4.78 is 27.3. The molecule has 100 valence electrons. The van der Waals surface area contributed by atoms with Crippen LogP contribution in [0.25, 0.3) is 4.72 Å². The first-order valence-electron chi connectivity index (χ1n) is 5.69. The highest BCUT2D eigenvalue weighted by Crippen LogP contribution is 2.19. The van der Waals surface area contributed by atoms with Crippen molar-refractivity contribution >= 4 is 16.0 Å². The van der Waals surface area contributed by atoms with Crippen LogP contribution in [0.3, 0.4) is 0 Å². The van der Waals surface area contributed by atoms with Gasteiger partial charge in [-0.25, -0.2) is 8.42 Å². The minimum Gasteiger partial charge on any atom is -0.366 e. The van der Waals surface area contributed by atoms with Crippen molar-refractivity contribution in [2.45, 2.75) is 12.3 Å². The quantitative estimate of drug-likeness (QED) is 0.872. The molecule has 0 unspecified atom stereocenters. The summed E-state index contributed by atoms with van der Waals surface area (Å²) in [5.74, 6) is -0.209. The highest BCUT2D eigenvalue weighted by molar-refractivity contribution is 7.93. The summed E-state index contributed by atoms with van der Waals surface area (Å²) in [4.78, 5) is 7.54. The molecule has 0 aliphatic heterocycles. The van der Waals surface area contributed by atoms with Crippen molar-refractivity contribution in [3.05, 3.63) is 58.6 Å². The van der Waals surface area contributed by atoms with E-state index < -0.39 is 10.0 Å². The average Bonchev–Trinajstić information content (AvgIpc) is 2.39. The lowest BCUT2D eigenvalue weighted by molar-refractivity contribution is -0.386. The van der Waals surface area contributed by atoms with Gasteiger partial charge in [0.1, 0.15) is 0 Å². The second-order valence-corrected chi connectivity index (χ2v) is 5.57. The molecule has 0 atom stereocenters. The van der Waals surface area contributed by atoms with Gasteiger partial charge in [-0.1, -0.05) is 30.3 Å². The molecule has 1 aromatic heterocycles. The van der Waals surface area contributed by atoms with Gasteiger partial charge in [-0.2, -0.15) is 0 Å². The maximum absolute atomic E-state index is 11.9. The molecule has 7 heteroatoms. The predicted octanol–water partition coefficient (Wildman–Crippen LogP) is 0.754. The van der Waals surface area contributed by atoms with E-state index in [9.17, 15) is 8.42 Å². The van der Waals surface area contributed by atoms with Crippen LogP contribution in [-0.2, 0) is 22.3 Å². The first-order valence-corrected chi connectivity index (χ1v) is 7.30. The topological polar surface area (TPSA) is 102 Å².